The van der Waals surface area contributed by atoms with Gasteiger partial charge in [-0.25, -0.2) is 13.2 Å². The highest BCUT2D eigenvalue weighted by Gasteiger charge is 2.19. The van der Waals surface area contributed by atoms with Crippen LogP contribution in [0.5, 0.6) is 0 Å². The minimum absolute atomic E-state index is 0.214. The molecule has 0 spiro atoms. The monoisotopic (exact) mass is 357 g/mol. The first-order chi connectivity index (χ1) is 11.8. The molecule has 1 heterocycles. The molecule has 0 amide bonds. The van der Waals surface area contributed by atoms with Gasteiger partial charge in [-0.3, -0.25) is 9.29 Å². The molecular weight excluding hydrogens is 338 g/mol. The van der Waals surface area contributed by atoms with Gasteiger partial charge in [0, 0.05) is 11.9 Å². The van der Waals surface area contributed by atoms with Crippen LogP contribution in [0.25, 0.3) is 5.69 Å². The van der Waals surface area contributed by atoms with Crippen molar-refractivity contribution in [1.82, 2.24) is 9.55 Å². The average Bonchev–Trinajstić information content (AvgIpc) is 2.86. The number of aromatic nitrogens is 2. The predicted molar refractivity (Wildman–Crippen MR) is 97.9 cm³/mol. The number of aryl methyl sites for hydroxylation is 3. The summed E-state index contributed by atoms with van der Waals surface area (Å²) in [5.41, 5.74) is 2.83. The summed E-state index contributed by atoms with van der Waals surface area (Å²) in [5, 5.41) is 0. The van der Waals surface area contributed by atoms with Gasteiger partial charge in [-0.15, -0.1) is 0 Å². The third-order valence-electron chi connectivity index (χ3n) is 3.97. The van der Waals surface area contributed by atoms with Gasteiger partial charge in [0.15, 0.2) is 0 Å². The Bertz CT molecular complexity index is 1090. The number of hydrogen-bond acceptors (Lipinski definition) is 3. The number of rotatable bonds is 4. The van der Waals surface area contributed by atoms with E-state index in [-0.39, 0.29) is 10.6 Å². The molecule has 3 aromatic rings. The molecule has 0 unspecified atom stereocenters. The molecular formula is C18H19N3O3S. The number of nitrogens with zero attached hydrogens (tertiary/aromatic N) is 1. The average molecular weight is 357 g/mol. The summed E-state index contributed by atoms with van der Waals surface area (Å²) >= 11 is 0. The van der Waals surface area contributed by atoms with E-state index in [0.29, 0.717) is 22.6 Å². The topological polar surface area (TPSA) is 84.0 Å². The Balaban J connectivity index is 2.09. The van der Waals surface area contributed by atoms with Crippen molar-refractivity contribution in [2.75, 3.05) is 4.72 Å². The number of anilines is 1. The second-order valence-electron chi connectivity index (χ2n) is 5.96. The summed E-state index contributed by atoms with van der Waals surface area (Å²) < 4.78 is 29.7. The molecule has 7 heteroatoms. The van der Waals surface area contributed by atoms with Crippen molar-refractivity contribution in [2.24, 2.45) is 0 Å². The molecule has 3 rings (SSSR count). The quantitative estimate of drug-likeness (QED) is 0.753. The Labute approximate surface area is 146 Å². The molecule has 0 atom stereocenters. The number of nitrogens with one attached hydrogen (secondary N) is 2. The number of H-pyrrole nitrogens is 1. The second kappa shape index (κ2) is 6.25. The Hall–Kier alpha value is -2.80. The third kappa shape index (κ3) is 3.23. The van der Waals surface area contributed by atoms with Gasteiger partial charge in [0.2, 0.25) is 0 Å². The number of para-hydroxylation sites is 2. The molecule has 0 bridgehead atoms. The van der Waals surface area contributed by atoms with Crippen molar-refractivity contribution >= 4 is 15.7 Å². The zero-order chi connectivity index (χ0) is 18.2. The molecule has 0 saturated carbocycles. The van der Waals surface area contributed by atoms with E-state index in [1.165, 1.54) is 4.57 Å². The zero-order valence-electron chi connectivity index (χ0n) is 14.2. The largest absolute Gasteiger partial charge is 0.330 e. The van der Waals surface area contributed by atoms with Crippen LogP contribution in [-0.4, -0.2) is 18.0 Å². The fourth-order valence-corrected chi connectivity index (χ4v) is 4.11. The lowest BCUT2D eigenvalue weighted by atomic mass is 10.2. The van der Waals surface area contributed by atoms with Gasteiger partial charge in [-0.05, 0) is 44.5 Å². The lowest BCUT2D eigenvalue weighted by molar-refractivity contribution is 0.600. The minimum Gasteiger partial charge on any atom is -0.312 e. The Kier molecular flexibility index (Phi) is 4.26. The summed E-state index contributed by atoms with van der Waals surface area (Å²) in [6.07, 6.45) is 1.58. The van der Waals surface area contributed by atoms with Crippen molar-refractivity contribution in [3.8, 4) is 5.69 Å². The van der Waals surface area contributed by atoms with Crippen LogP contribution in [0.1, 0.15) is 16.8 Å². The maximum Gasteiger partial charge on any atom is 0.330 e. The number of aromatic amines is 1. The van der Waals surface area contributed by atoms with Gasteiger partial charge in [0.25, 0.3) is 10.0 Å². The molecule has 1 aromatic heterocycles. The van der Waals surface area contributed by atoms with Crippen LogP contribution in [0.15, 0.2) is 58.4 Å². The van der Waals surface area contributed by atoms with E-state index in [0.717, 1.165) is 5.56 Å². The molecule has 2 N–H and O–H groups in total. The van der Waals surface area contributed by atoms with Crippen LogP contribution in [0.2, 0.25) is 0 Å². The third-order valence-corrected chi connectivity index (χ3v) is 5.50. The standard InChI is InChI=1S/C18H19N3O3S/c1-12-8-9-17(13(2)10-12)25(23,24)20-15-6-4-5-7-16(15)21-14(3)11-19-18(21)22/h4-11,20H,1-3H3,(H,19,22). The second-order valence-corrected chi connectivity index (χ2v) is 7.61. The molecule has 0 aliphatic carbocycles. The van der Waals surface area contributed by atoms with E-state index in [1.807, 2.05) is 13.0 Å². The van der Waals surface area contributed by atoms with E-state index in [2.05, 4.69) is 9.71 Å². The first kappa shape index (κ1) is 17.0. The summed E-state index contributed by atoms with van der Waals surface area (Å²) in [5.74, 6) is 0. The summed E-state index contributed by atoms with van der Waals surface area (Å²) in [6, 6.07) is 12.0. The van der Waals surface area contributed by atoms with Crippen molar-refractivity contribution in [2.45, 2.75) is 25.7 Å². The van der Waals surface area contributed by atoms with Crippen molar-refractivity contribution in [3.63, 3.8) is 0 Å². The maximum atomic E-state index is 12.8. The van der Waals surface area contributed by atoms with Gasteiger partial charge in [-0.1, -0.05) is 29.8 Å². The fourth-order valence-electron chi connectivity index (χ4n) is 2.81. The van der Waals surface area contributed by atoms with Gasteiger partial charge in [0.1, 0.15) is 0 Å². The molecule has 130 valence electrons. The first-order valence-electron chi connectivity index (χ1n) is 7.76. The van der Waals surface area contributed by atoms with Crippen molar-refractivity contribution < 1.29 is 8.42 Å². The molecule has 6 nitrogen and oxygen atoms in total. The Morgan fingerprint density at radius 3 is 2.40 bits per heavy atom. The van der Waals surface area contributed by atoms with Crippen LogP contribution < -0.4 is 10.4 Å². The molecule has 0 aliphatic rings. The fraction of sp³-hybridized carbons (Fsp3) is 0.167. The SMILES string of the molecule is Cc1ccc(S(=O)(=O)Nc2ccccc2-n2c(C)c[nH]c2=O)c(C)c1. The van der Waals surface area contributed by atoms with E-state index in [4.69, 9.17) is 0 Å². The maximum absolute atomic E-state index is 12.8. The number of hydrogen-bond donors (Lipinski definition) is 2. The van der Waals surface area contributed by atoms with Crippen LogP contribution in [0.4, 0.5) is 5.69 Å². The highest BCUT2D eigenvalue weighted by atomic mass is 32.2. The van der Waals surface area contributed by atoms with Gasteiger partial charge in [0.05, 0.1) is 16.3 Å². The Morgan fingerprint density at radius 1 is 1.04 bits per heavy atom. The smallest absolute Gasteiger partial charge is 0.312 e. The lowest BCUT2D eigenvalue weighted by Crippen LogP contribution is -2.20. The summed E-state index contributed by atoms with van der Waals surface area (Å²) in [4.78, 5) is 14.9. The van der Waals surface area contributed by atoms with Gasteiger partial charge < -0.3 is 4.98 Å². The molecule has 2 aromatic carbocycles. The van der Waals surface area contributed by atoms with E-state index in [1.54, 1.807) is 56.4 Å². The van der Waals surface area contributed by atoms with Crippen LogP contribution >= 0.6 is 0 Å². The molecule has 0 radical (unpaired) electrons. The van der Waals surface area contributed by atoms with E-state index >= 15 is 0 Å². The number of imidazole rings is 1. The van der Waals surface area contributed by atoms with Crippen LogP contribution in [0.3, 0.4) is 0 Å². The molecule has 25 heavy (non-hydrogen) atoms. The summed E-state index contributed by atoms with van der Waals surface area (Å²) in [7, 11) is -3.78. The molecule has 0 aliphatic heterocycles. The molecule has 0 saturated heterocycles. The zero-order valence-corrected chi connectivity index (χ0v) is 15.0. The number of benzene rings is 2. The van der Waals surface area contributed by atoms with Crippen LogP contribution in [0, 0.1) is 20.8 Å². The first-order valence-corrected chi connectivity index (χ1v) is 9.24. The summed E-state index contributed by atoms with van der Waals surface area (Å²) in [6.45, 7) is 5.44. The molecule has 0 fully saturated rings. The van der Waals surface area contributed by atoms with Crippen molar-refractivity contribution in [1.29, 1.82) is 0 Å². The van der Waals surface area contributed by atoms with E-state index in [9.17, 15) is 13.2 Å². The van der Waals surface area contributed by atoms with Crippen molar-refractivity contribution in [3.05, 3.63) is 76.0 Å². The normalized spacial score (nSPS) is 11.5. The highest BCUT2D eigenvalue weighted by Crippen LogP contribution is 2.25. The minimum atomic E-state index is -3.78. The number of sulfonamides is 1. The predicted octanol–water partition coefficient (Wildman–Crippen LogP) is 2.89. The highest BCUT2D eigenvalue weighted by molar-refractivity contribution is 7.92. The van der Waals surface area contributed by atoms with Crippen LogP contribution in [-0.2, 0) is 10.0 Å². The lowest BCUT2D eigenvalue weighted by Gasteiger charge is -2.15. The van der Waals surface area contributed by atoms with E-state index < -0.39 is 10.0 Å². The Morgan fingerprint density at radius 2 is 1.76 bits per heavy atom. The van der Waals surface area contributed by atoms with Gasteiger partial charge in [-0.2, -0.15) is 0 Å². The van der Waals surface area contributed by atoms with Gasteiger partial charge >= 0.3 is 5.69 Å².